The second-order valence-electron chi connectivity index (χ2n) is 4.29. The Bertz CT molecular complexity index is 604. The summed E-state index contributed by atoms with van der Waals surface area (Å²) in [4.78, 5) is 16.0. The second-order valence-corrected chi connectivity index (χ2v) is 4.29. The number of nitrogens with one attached hydrogen (secondary N) is 1. The molecular formula is C15H17FN2O2. The number of allylic oxidation sites excluding steroid dienone is 2. The topological polar surface area (TPSA) is 61.7 Å². The monoisotopic (exact) mass is 276 g/mol. The Morgan fingerprint density at radius 3 is 2.45 bits per heavy atom. The molecule has 1 aromatic carbocycles. The Morgan fingerprint density at radius 2 is 1.90 bits per heavy atom. The molecule has 0 heterocycles. The molecule has 0 bridgehead atoms. The zero-order valence-electron chi connectivity index (χ0n) is 11.7. The molecule has 20 heavy (non-hydrogen) atoms. The van der Waals surface area contributed by atoms with Gasteiger partial charge in [0.2, 0.25) is 0 Å². The van der Waals surface area contributed by atoms with E-state index >= 15 is 0 Å². The summed E-state index contributed by atoms with van der Waals surface area (Å²) in [6.07, 6.45) is 0. The molecule has 4 nitrogen and oxygen atoms in total. The van der Waals surface area contributed by atoms with E-state index < -0.39 is 11.7 Å². The van der Waals surface area contributed by atoms with Crippen LogP contribution < -0.4 is 5.32 Å². The molecular weight excluding hydrogens is 259 g/mol. The van der Waals surface area contributed by atoms with Crippen LogP contribution in [0.2, 0.25) is 0 Å². The van der Waals surface area contributed by atoms with Gasteiger partial charge in [0.05, 0.1) is 5.56 Å². The molecule has 0 radical (unpaired) electrons. The Hall–Kier alpha value is -2.43. The van der Waals surface area contributed by atoms with Crippen molar-refractivity contribution < 1.29 is 14.3 Å². The molecule has 0 fully saturated rings. The highest BCUT2D eigenvalue weighted by Crippen LogP contribution is 2.11. The third-order valence-electron chi connectivity index (χ3n) is 2.72. The Balaban J connectivity index is 2.89. The molecule has 1 rings (SSSR count). The lowest BCUT2D eigenvalue weighted by Gasteiger charge is -2.07. The van der Waals surface area contributed by atoms with E-state index in [2.05, 4.69) is 16.9 Å². The van der Waals surface area contributed by atoms with Crippen LogP contribution in [0.3, 0.4) is 0 Å². The fourth-order valence-corrected chi connectivity index (χ4v) is 1.45. The second kappa shape index (κ2) is 6.65. The number of aliphatic hydroxyl groups is 1. The van der Waals surface area contributed by atoms with Gasteiger partial charge >= 0.3 is 0 Å². The molecule has 1 aromatic rings. The van der Waals surface area contributed by atoms with Crippen LogP contribution in [0.4, 0.5) is 4.39 Å². The number of rotatable bonds is 3. The first-order chi connectivity index (χ1) is 9.32. The lowest BCUT2D eigenvalue weighted by Crippen LogP contribution is -2.29. The number of carbonyl (C=O) groups is 1. The van der Waals surface area contributed by atoms with Gasteiger partial charge in [-0.2, -0.15) is 0 Å². The lowest BCUT2D eigenvalue weighted by atomic mass is 10.2. The van der Waals surface area contributed by atoms with E-state index in [0.717, 1.165) is 0 Å². The van der Waals surface area contributed by atoms with E-state index in [-0.39, 0.29) is 11.3 Å². The van der Waals surface area contributed by atoms with Gasteiger partial charge in [-0.15, -0.1) is 0 Å². The average Bonchev–Trinajstić information content (AvgIpc) is 2.37. The first-order valence-corrected chi connectivity index (χ1v) is 5.99. The highest BCUT2D eigenvalue weighted by Gasteiger charge is 2.11. The molecule has 106 valence electrons. The summed E-state index contributed by atoms with van der Waals surface area (Å²) in [6.45, 7) is 8.31. The molecule has 0 saturated heterocycles. The fraction of sp³-hybridized carbons (Fsp3) is 0.200. The molecule has 0 aromatic heterocycles. The minimum Gasteiger partial charge on any atom is -0.508 e. The maximum atomic E-state index is 13.4. The third kappa shape index (κ3) is 4.05. The molecule has 0 saturated carbocycles. The molecule has 0 spiro atoms. The molecule has 0 aliphatic carbocycles. The minimum absolute atomic E-state index is 0.0491. The molecule has 5 heteroatoms. The van der Waals surface area contributed by atoms with E-state index in [4.69, 9.17) is 0 Å². The summed E-state index contributed by atoms with van der Waals surface area (Å²) in [5.74, 6) is -0.946. The van der Waals surface area contributed by atoms with E-state index in [9.17, 15) is 14.3 Å². The van der Waals surface area contributed by atoms with E-state index in [1.54, 1.807) is 26.8 Å². The average molecular weight is 276 g/mol. The van der Waals surface area contributed by atoms with Crippen LogP contribution in [0, 0.1) is 5.82 Å². The minimum atomic E-state index is -0.593. The molecule has 0 aliphatic rings. The molecule has 1 amide bonds. The lowest BCUT2D eigenvalue weighted by molar-refractivity contribution is 0.0973. The van der Waals surface area contributed by atoms with Crippen molar-refractivity contribution in [3.63, 3.8) is 0 Å². The zero-order valence-corrected chi connectivity index (χ0v) is 11.7. The first kappa shape index (κ1) is 15.6. The number of carbonyl (C=O) groups excluding carboxylic acids is 1. The van der Waals surface area contributed by atoms with Crippen LogP contribution in [0.25, 0.3) is 0 Å². The molecule has 0 aliphatic heterocycles. The quantitative estimate of drug-likeness (QED) is 0.385. The number of halogens is 1. The van der Waals surface area contributed by atoms with Gasteiger partial charge in [0.1, 0.15) is 17.4 Å². The van der Waals surface area contributed by atoms with Gasteiger partial charge in [-0.05, 0) is 32.9 Å². The number of aliphatic imine (C=N–C) groups is 1. The van der Waals surface area contributed by atoms with Crippen LogP contribution in [-0.2, 0) is 0 Å². The summed E-state index contributed by atoms with van der Waals surface area (Å²) < 4.78 is 13.4. The number of amides is 1. The van der Waals surface area contributed by atoms with Gasteiger partial charge in [0, 0.05) is 11.3 Å². The van der Waals surface area contributed by atoms with E-state index in [1.165, 1.54) is 18.2 Å². The number of hydrogen-bond donors (Lipinski definition) is 2. The number of amidine groups is 1. The highest BCUT2D eigenvalue weighted by molar-refractivity contribution is 6.06. The van der Waals surface area contributed by atoms with Crippen molar-refractivity contribution in [1.82, 2.24) is 5.32 Å². The summed E-state index contributed by atoms with van der Waals surface area (Å²) in [6, 6.07) is 5.69. The van der Waals surface area contributed by atoms with Crippen molar-refractivity contribution >= 4 is 11.7 Å². The summed E-state index contributed by atoms with van der Waals surface area (Å²) in [7, 11) is 0. The number of hydrogen-bond acceptors (Lipinski definition) is 3. The molecule has 0 unspecified atom stereocenters. The number of benzene rings is 1. The van der Waals surface area contributed by atoms with E-state index in [1.807, 2.05) is 0 Å². The van der Waals surface area contributed by atoms with Gasteiger partial charge in [0.25, 0.3) is 5.91 Å². The predicted octanol–water partition coefficient (Wildman–Crippen LogP) is 3.34. The Labute approximate surface area is 117 Å². The highest BCUT2D eigenvalue weighted by atomic mass is 19.1. The van der Waals surface area contributed by atoms with Crippen molar-refractivity contribution in [2.24, 2.45) is 4.99 Å². The predicted molar refractivity (Wildman–Crippen MR) is 77.1 cm³/mol. The van der Waals surface area contributed by atoms with Gasteiger partial charge < -0.3 is 10.4 Å². The normalized spacial score (nSPS) is 12.7. The Kier molecular flexibility index (Phi) is 5.20. The van der Waals surface area contributed by atoms with Gasteiger partial charge in [-0.3, -0.25) is 4.79 Å². The van der Waals surface area contributed by atoms with Crippen molar-refractivity contribution in [2.75, 3.05) is 0 Å². The van der Waals surface area contributed by atoms with Crippen molar-refractivity contribution in [1.29, 1.82) is 0 Å². The van der Waals surface area contributed by atoms with Crippen LogP contribution in [0.5, 0.6) is 0 Å². The number of aliphatic hydroxyl groups excluding tert-OH is 1. The summed E-state index contributed by atoms with van der Waals surface area (Å²) in [5.41, 5.74) is 0.986. The van der Waals surface area contributed by atoms with E-state index in [0.29, 0.717) is 17.1 Å². The van der Waals surface area contributed by atoms with Crippen molar-refractivity contribution in [3.05, 3.63) is 59.3 Å². The van der Waals surface area contributed by atoms with Crippen LogP contribution >= 0.6 is 0 Å². The van der Waals surface area contributed by atoms with Crippen molar-refractivity contribution in [3.8, 4) is 0 Å². The number of nitrogens with zero attached hydrogens (tertiary/aromatic N) is 1. The van der Waals surface area contributed by atoms with Crippen LogP contribution in [0.15, 0.2) is 52.9 Å². The van der Waals surface area contributed by atoms with Gasteiger partial charge in [-0.1, -0.05) is 18.7 Å². The van der Waals surface area contributed by atoms with Gasteiger partial charge in [0.15, 0.2) is 0 Å². The summed E-state index contributed by atoms with van der Waals surface area (Å²) in [5, 5.41) is 11.7. The maximum absolute atomic E-state index is 13.4. The van der Waals surface area contributed by atoms with Crippen LogP contribution in [0.1, 0.15) is 31.1 Å². The standard InChI is InChI=1S/C15H17FN2O2/c1-9(11(3)19)10(2)17-12(4)18-15(20)13-7-5-6-8-14(13)16/h5-8,19H,3H2,1-2,4H3,(H,17,18,20)/b10-9+. The first-order valence-electron chi connectivity index (χ1n) is 5.99. The smallest absolute Gasteiger partial charge is 0.259 e. The zero-order chi connectivity index (χ0) is 15.3. The SMILES string of the molecule is C=C(O)/C(C)=C(\C)N=C(C)NC(=O)c1ccccc1F. The molecule has 0 atom stereocenters. The Morgan fingerprint density at radius 1 is 1.30 bits per heavy atom. The maximum Gasteiger partial charge on any atom is 0.259 e. The fourth-order valence-electron chi connectivity index (χ4n) is 1.45. The summed E-state index contributed by atoms with van der Waals surface area (Å²) >= 11 is 0. The molecule has 2 N–H and O–H groups in total. The third-order valence-corrected chi connectivity index (χ3v) is 2.72. The van der Waals surface area contributed by atoms with Crippen LogP contribution in [-0.4, -0.2) is 16.8 Å². The van der Waals surface area contributed by atoms with Crippen molar-refractivity contribution in [2.45, 2.75) is 20.8 Å². The largest absolute Gasteiger partial charge is 0.508 e. The van der Waals surface area contributed by atoms with Gasteiger partial charge in [-0.25, -0.2) is 9.38 Å².